The second kappa shape index (κ2) is 8.79. The highest BCUT2D eigenvalue weighted by Gasteiger charge is 2.37. The Hall–Kier alpha value is -2.92. The number of ether oxygens (including phenoxy) is 2. The summed E-state index contributed by atoms with van der Waals surface area (Å²) in [6.45, 7) is 0.512. The van der Waals surface area contributed by atoms with Gasteiger partial charge in [0, 0.05) is 22.6 Å². The number of hydrogen-bond acceptors (Lipinski definition) is 7. The summed E-state index contributed by atoms with van der Waals surface area (Å²) in [5, 5.41) is 0. The van der Waals surface area contributed by atoms with Gasteiger partial charge in [0.05, 0.1) is 31.0 Å². The second-order valence-electron chi connectivity index (χ2n) is 7.81. The normalized spacial score (nSPS) is 15.1. The maximum absolute atomic E-state index is 13.3. The Morgan fingerprint density at radius 2 is 1.61 bits per heavy atom. The second-order valence-corrected chi connectivity index (χ2v) is 10.3. The first kappa shape index (κ1) is 23.2. The van der Waals surface area contributed by atoms with Gasteiger partial charge in [0.1, 0.15) is 4.90 Å². The first-order valence-electron chi connectivity index (χ1n) is 10.1. The number of carbonyl (C=O) groups excluding carboxylic acids is 3. The molecule has 0 saturated heterocycles. The minimum absolute atomic E-state index is 0.00980. The van der Waals surface area contributed by atoms with Crippen LogP contribution in [0, 0.1) is 5.92 Å². The number of nitrogens with zero attached hydrogens (tertiary/aromatic N) is 1. The van der Waals surface area contributed by atoms with Crippen LogP contribution in [0.1, 0.15) is 39.1 Å². The van der Waals surface area contributed by atoms with Crippen molar-refractivity contribution < 1.29 is 32.3 Å². The van der Waals surface area contributed by atoms with E-state index in [0.29, 0.717) is 23.1 Å². The Labute approximate surface area is 199 Å². The zero-order valence-corrected chi connectivity index (χ0v) is 20.3. The van der Waals surface area contributed by atoms with E-state index in [0.717, 1.165) is 18.4 Å². The summed E-state index contributed by atoms with van der Waals surface area (Å²) >= 11 is 3.32. The average molecular weight is 537 g/mol. The monoisotopic (exact) mass is 536 g/mol. The lowest BCUT2D eigenvalue weighted by atomic mass is 10.1. The van der Waals surface area contributed by atoms with Crippen LogP contribution in [-0.2, 0) is 30.7 Å². The number of nitrogens with one attached hydrogen (secondary N) is 1. The van der Waals surface area contributed by atoms with Gasteiger partial charge in [-0.2, -0.15) is 0 Å². The molecule has 11 heteroatoms. The third kappa shape index (κ3) is 4.60. The van der Waals surface area contributed by atoms with E-state index >= 15 is 0 Å². The van der Waals surface area contributed by atoms with Crippen LogP contribution in [0.2, 0.25) is 0 Å². The number of hydrogen-bond donors (Lipinski definition) is 1. The molecule has 174 valence electrons. The fourth-order valence-corrected chi connectivity index (χ4v) is 5.89. The Morgan fingerprint density at radius 1 is 1.00 bits per heavy atom. The van der Waals surface area contributed by atoms with Crippen LogP contribution in [0.3, 0.4) is 0 Å². The summed E-state index contributed by atoms with van der Waals surface area (Å²) in [5.41, 5.74) is 1.40. The zero-order chi connectivity index (χ0) is 23.9. The van der Waals surface area contributed by atoms with Crippen molar-refractivity contribution in [3.05, 3.63) is 51.5 Å². The molecule has 1 aliphatic carbocycles. The number of esters is 2. The molecule has 0 spiro atoms. The van der Waals surface area contributed by atoms with E-state index < -0.39 is 22.0 Å². The zero-order valence-electron chi connectivity index (χ0n) is 17.9. The summed E-state index contributed by atoms with van der Waals surface area (Å²) < 4.78 is 38.7. The van der Waals surface area contributed by atoms with Crippen molar-refractivity contribution in [2.45, 2.75) is 24.2 Å². The number of rotatable bonds is 6. The summed E-state index contributed by atoms with van der Waals surface area (Å²) in [7, 11) is -1.81. The molecule has 9 nitrogen and oxygen atoms in total. The molecule has 1 aliphatic heterocycles. The predicted molar refractivity (Wildman–Crippen MR) is 123 cm³/mol. The molecule has 0 unspecified atom stereocenters. The number of sulfonamides is 1. The van der Waals surface area contributed by atoms with Gasteiger partial charge in [0.15, 0.2) is 0 Å². The lowest BCUT2D eigenvalue weighted by Crippen LogP contribution is -2.30. The Morgan fingerprint density at radius 3 is 2.15 bits per heavy atom. The molecule has 1 fully saturated rings. The van der Waals surface area contributed by atoms with Crippen LogP contribution in [0.25, 0.3) is 0 Å². The Bertz CT molecular complexity index is 1240. The highest BCUT2D eigenvalue weighted by atomic mass is 79.9. The van der Waals surface area contributed by atoms with Gasteiger partial charge < -0.3 is 14.4 Å². The molecule has 2 aromatic rings. The number of halogens is 1. The maximum atomic E-state index is 13.3. The SMILES string of the molecule is COC(=O)c1cc(NS(=O)(=O)c2cc3c(cc2Br)CCN3C(=O)C2CC2)cc(C(=O)OC)c1. The molecule has 1 amide bonds. The summed E-state index contributed by atoms with van der Waals surface area (Å²) in [4.78, 5) is 38.2. The lowest BCUT2D eigenvalue weighted by molar-refractivity contribution is -0.119. The van der Waals surface area contributed by atoms with Crippen molar-refractivity contribution in [3.8, 4) is 0 Å². The van der Waals surface area contributed by atoms with Crippen molar-refractivity contribution in [2.75, 3.05) is 30.4 Å². The van der Waals surface area contributed by atoms with E-state index in [1.165, 1.54) is 38.5 Å². The van der Waals surface area contributed by atoms with Crippen LogP contribution in [0.4, 0.5) is 11.4 Å². The molecule has 0 atom stereocenters. The molecule has 4 rings (SSSR count). The average Bonchev–Trinajstić information content (AvgIpc) is 3.56. The lowest BCUT2D eigenvalue weighted by Gasteiger charge is -2.19. The van der Waals surface area contributed by atoms with Gasteiger partial charge in [-0.3, -0.25) is 9.52 Å². The molecular weight excluding hydrogens is 516 g/mol. The van der Waals surface area contributed by atoms with Gasteiger partial charge in [0.25, 0.3) is 10.0 Å². The largest absolute Gasteiger partial charge is 0.465 e. The first-order chi connectivity index (χ1) is 15.6. The van der Waals surface area contributed by atoms with E-state index in [1.54, 1.807) is 11.0 Å². The highest BCUT2D eigenvalue weighted by molar-refractivity contribution is 9.10. The molecule has 2 aliphatic rings. The molecule has 0 aromatic heterocycles. The quantitative estimate of drug-likeness (QED) is 0.563. The smallest absolute Gasteiger partial charge is 0.337 e. The fourth-order valence-electron chi connectivity index (χ4n) is 3.74. The minimum atomic E-state index is -4.16. The van der Waals surface area contributed by atoms with Gasteiger partial charge in [-0.15, -0.1) is 0 Å². The van der Waals surface area contributed by atoms with Crippen molar-refractivity contribution in [2.24, 2.45) is 5.92 Å². The standard InChI is InChI=1S/C22H21BrN2O7S/c1-31-21(27)14-7-15(22(28)32-2)9-16(8-14)24-33(29,30)19-11-18-13(10-17(19)23)5-6-25(18)20(26)12-3-4-12/h7-12,24H,3-6H2,1-2H3. The summed E-state index contributed by atoms with van der Waals surface area (Å²) in [6, 6.07) is 6.96. The van der Waals surface area contributed by atoms with Gasteiger partial charge in [-0.05, 0) is 71.1 Å². The van der Waals surface area contributed by atoms with E-state index in [2.05, 4.69) is 30.1 Å². The number of methoxy groups -OCH3 is 2. The van der Waals surface area contributed by atoms with E-state index in [-0.39, 0.29) is 33.5 Å². The molecule has 2 aromatic carbocycles. The van der Waals surface area contributed by atoms with Crippen LogP contribution < -0.4 is 9.62 Å². The molecule has 0 bridgehead atoms. The van der Waals surface area contributed by atoms with Gasteiger partial charge in [-0.25, -0.2) is 18.0 Å². The summed E-state index contributed by atoms with van der Waals surface area (Å²) in [6.07, 6.45) is 2.35. The van der Waals surface area contributed by atoms with Gasteiger partial charge in [-0.1, -0.05) is 0 Å². The molecule has 1 saturated carbocycles. The van der Waals surface area contributed by atoms with Gasteiger partial charge in [0.2, 0.25) is 5.91 Å². The molecule has 1 heterocycles. The number of benzene rings is 2. The summed E-state index contributed by atoms with van der Waals surface area (Å²) in [5.74, 6) is -1.46. The van der Waals surface area contributed by atoms with Crippen LogP contribution in [0.15, 0.2) is 39.7 Å². The highest BCUT2D eigenvalue weighted by Crippen LogP contribution is 2.40. The number of carbonyl (C=O) groups is 3. The minimum Gasteiger partial charge on any atom is -0.465 e. The molecule has 0 radical (unpaired) electrons. The van der Waals surface area contributed by atoms with Crippen LogP contribution in [0.5, 0.6) is 0 Å². The van der Waals surface area contributed by atoms with E-state index in [9.17, 15) is 22.8 Å². The maximum Gasteiger partial charge on any atom is 0.337 e. The van der Waals surface area contributed by atoms with Crippen molar-refractivity contribution >= 4 is 55.2 Å². The first-order valence-corrected chi connectivity index (χ1v) is 12.4. The predicted octanol–water partition coefficient (Wildman–Crippen LogP) is 3.12. The topological polar surface area (TPSA) is 119 Å². The van der Waals surface area contributed by atoms with Crippen molar-refractivity contribution in [1.82, 2.24) is 0 Å². The van der Waals surface area contributed by atoms with Crippen molar-refractivity contribution in [1.29, 1.82) is 0 Å². The van der Waals surface area contributed by atoms with Gasteiger partial charge >= 0.3 is 11.9 Å². The third-order valence-electron chi connectivity index (χ3n) is 5.54. The van der Waals surface area contributed by atoms with E-state index in [4.69, 9.17) is 0 Å². The molecule has 1 N–H and O–H groups in total. The number of fused-ring (bicyclic) bond motifs is 1. The van der Waals surface area contributed by atoms with Crippen LogP contribution >= 0.6 is 15.9 Å². The fraction of sp³-hybridized carbons (Fsp3) is 0.318. The Kier molecular flexibility index (Phi) is 6.19. The van der Waals surface area contributed by atoms with Crippen LogP contribution in [-0.4, -0.2) is 47.0 Å². The number of amides is 1. The third-order valence-corrected chi connectivity index (χ3v) is 7.88. The van der Waals surface area contributed by atoms with E-state index in [1.807, 2.05) is 0 Å². The van der Waals surface area contributed by atoms with Crippen molar-refractivity contribution in [3.63, 3.8) is 0 Å². The number of anilines is 2. The molecule has 33 heavy (non-hydrogen) atoms. The molecular formula is C22H21BrN2O7S. The Balaban J connectivity index is 1.71.